The first-order chi connectivity index (χ1) is 13.6. The van der Waals surface area contributed by atoms with Gasteiger partial charge in [0.15, 0.2) is 6.61 Å². The minimum absolute atomic E-state index is 0.120. The van der Waals surface area contributed by atoms with Crippen LogP contribution in [-0.4, -0.2) is 23.4 Å². The number of nitrogens with one attached hydrogen (secondary N) is 1. The molecule has 2 aromatic rings. The van der Waals surface area contributed by atoms with Crippen LogP contribution in [0.1, 0.15) is 29.2 Å². The molecule has 1 atom stereocenters. The number of aliphatic carboxylic acids is 1. The van der Waals surface area contributed by atoms with Crippen molar-refractivity contribution in [2.24, 2.45) is 0 Å². The van der Waals surface area contributed by atoms with Crippen LogP contribution in [-0.2, 0) is 22.5 Å². The van der Waals surface area contributed by atoms with Crippen molar-refractivity contribution in [2.45, 2.75) is 30.3 Å². The Kier molecular flexibility index (Phi) is 5.80. The number of carbonyl (C=O) groups is 1. The largest absolute Gasteiger partial charge is 0.482 e. The van der Waals surface area contributed by atoms with Crippen LogP contribution < -0.4 is 10.2 Å². The van der Waals surface area contributed by atoms with E-state index in [0.717, 1.165) is 41.8 Å². The second-order valence-electron chi connectivity index (χ2n) is 6.73. The van der Waals surface area contributed by atoms with Gasteiger partial charge in [-0.3, -0.25) is 10.3 Å². The molecule has 28 heavy (non-hydrogen) atoms. The molecule has 1 aliphatic heterocycles. The molecular weight excluding hydrogens is 398 g/mol. The summed E-state index contributed by atoms with van der Waals surface area (Å²) in [7, 11) is 0. The van der Waals surface area contributed by atoms with Gasteiger partial charge in [-0.1, -0.05) is 23.7 Å². The van der Waals surface area contributed by atoms with Crippen molar-refractivity contribution in [1.29, 1.82) is 0 Å². The Morgan fingerprint density at radius 3 is 2.79 bits per heavy atom. The molecule has 0 aromatic heterocycles. The van der Waals surface area contributed by atoms with E-state index in [1.54, 1.807) is 11.8 Å². The molecule has 0 saturated heterocycles. The fourth-order valence-corrected chi connectivity index (χ4v) is 4.65. The van der Waals surface area contributed by atoms with Crippen molar-refractivity contribution in [3.63, 3.8) is 0 Å². The van der Waals surface area contributed by atoms with Crippen molar-refractivity contribution in [1.82, 2.24) is 5.48 Å². The third-order valence-electron chi connectivity index (χ3n) is 4.80. The molecule has 0 bridgehead atoms. The van der Waals surface area contributed by atoms with E-state index in [1.165, 1.54) is 10.5 Å². The topological polar surface area (TPSA) is 67.8 Å². The second kappa shape index (κ2) is 8.47. The molecule has 4 rings (SSSR count). The summed E-state index contributed by atoms with van der Waals surface area (Å²) < 4.78 is 5.45. The Morgan fingerprint density at radius 2 is 2.00 bits per heavy atom. The smallest absolute Gasteiger partial charge is 0.341 e. The number of fused-ring (bicyclic) bond motifs is 1. The zero-order valence-corrected chi connectivity index (χ0v) is 16.7. The van der Waals surface area contributed by atoms with Crippen LogP contribution in [0.3, 0.4) is 0 Å². The minimum atomic E-state index is -0.959. The lowest BCUT2D eigenvalue weighted by molar-refractivity contribution is -0.139. The molecule has 2 aliphatic rings. The number of carboxylic acid groups (broad SMARTS) is 1. The van der Waals surface area contributed by atoms with Crippen LogP contribution in [0.25, 0.3) is 0 Å². The second-order valence-corrected chi connectivity index (χ2v) is 8.18. The normalized spacial score (nSPS) is 17.8. The predicted molar refractivity (Wildman–Crippen MR) is 109 cm³/mol. The van der Waals surface area contributed by atoms with E-state index in [2.05, 4.69) is 11.6 Å². The molecule has 1 heterocycles. The molecule has 2 aromatic carbocycles. The third kappa shape index (κ3) is 4.29. The van der Waals surface area contributed by atoms with Crippen molar-refractivity contribution in [2.75, 3.05) is 12.4 Å². The summed E-state index contributed by atoms with van der Waals surface area (Å²) in [5.74, 6) is 0.509. The Morgan fingerprint density at radius 1 is 1.21 bits per heavy atom. The van der Waals surface area contributed by atoms with E-state index in [9.17, 15) is 4.79 Å². The number of halogens is 1. The van der Waals surface area contributed by atoms with Gasteiger partial charge in [0.1, 0.15) is 11.9 Å². The summed E-state index contributed by atoms with van der Waals surface area (Å²) in [6.07, 6.45) is 4.96. The van der Waals surface area contributed by atoms with Crippen LogP contribution in [0, 0.1) is 0 Å². The molecule has 0 spiro atoms. The number of carboxylic acids is 1. The maximum atomic E-state index is 10.8. The highest BCUT2D eigenvalue weighted by molar-refractivity contribution is 7.99. The third-order valence-corrected chi connectivity index (χ3v) is 6.20. The molecule has 0 amide bonds. The first-order valence-corrected chi connectivity index (χ1v) is 10.5. The maximum absolute atomic E-state index is 10.8. The summed E-state index contributed by atoms with van der Waals surface area (Å²) in [6.45, 7) is -0.306. The molecule has 1 unspecified atom stereocenters. The fourth-order valence-electron chi connectivity index (χ4n) is 3.49. The number of hydrogen-bond acceptors (Lipinski definition) is 5. The number of benzene rings is 2. The zero-order valence-electron chi connectivity index (χ0n) is 15.1. The van der Waals surface area contributed by atoms with E-state index in [4.69, 9.17) is 26.3 Å². The summed E-state index contributed by atoms with van der Waals surface area (Å²) in [5, 5.41) is 9.55. The highest BCUT2D eigenvalue weighted by Gasteiger charge is 2.22. The molecule has 0 radical (unpaired) electrons. The van der Waals surface area contributed by atoms with Gasteiger partial charge in [0, 0.05) is 21.4 Å². The molecule has 5 nitrogen and oxygen atoms in total. The Balaban J connectivity index is 1.42. The monoisotopic (exact) mass is 417 g/mol. The van der Waals surface area contributed by atoms with Gasteiger partial charge < -0.3 is 9.84 Å². The van der Waals surface area contributed by atoms with E-state index in [0.29, 0.717) is 10.8 Å². The zero-order chi connectivity index (χ0) is 19.5. The minimum Gasteiger partial charge on any atom is -0.482 e. The number of rotatable bonds is 7. The highest BCUT2D eigenvalue weighted by Crippen LogP contribution is 2.38. The number of hydrogen-bond donors (Lipinski definition) is 2. The lowest BCUT2D eigenvalue weighted by Crippen LogP contribution is -2.11. The Labute approximate surface area is 172 Å². The molecule has 7 heteroatoms. The standard InChI is InChI=1S/C21H20ClNO4S/c22-14-6-4-13(5-7-14)19-10-15(23-27-19)12-28-20-9-8-18(26-11-21(24)25)16-2-1-3-17(16)20/h4-10,19,23H,1-3,11-12H2,(H,24,25). The molecule has 0 fully saturated rings. The number of hydroxylamine groups is 1. The van der Waals surface area contributed by atoms with Crippen molar-refractivity contribution in [3.8, 4) is 5.75 Å². The average Bonchev–Trinajstić information content (AvgIpc) is 3.35. The first-order valence-electron chi connectivity index (χ1n) is 9.10. The molecule has 1 aliphatic carbocycles. The predicted octanol–water partition coefficient (Wildman–Crippen LogP) is 4.54. The van der Waals surface area contributed by atoms with E-state index >= 15 is 0 Å². The maximum Gasteiger partial charge on any atom is 0.341 e. The van der Waals surface area contributed by atoms with Gasteiger partial charge >= 0.3 is 5.97 Å². The molecular formula is C21H20ClNO4S. The van der Waals surface area contributed by atoms with Gasteiger partial charge in [-0.15, -0.1) is 11.8 Å². The van der Waals surface area contributed by atoms with Gasteiger partial charge in [0.05, 0.1) is 0 Å². The van der Waals surface area contributed by atoms with Gasteiger partial charge in [-0.05, 0) is 66.3 Å². The first kappa shape index (κ1) is 19.2. The summed E-state index contributed by atoms with van der Waals surface area (Å²) in [5.41, 5.74) is 7.53. The lowest BCUT2D eigenvalue weighted by Gasteiger charge is -2.13. The number of ether oxygens (including phenoxy) is 1. The van der Waals surface area contributed by atoms with Gasteiger partial charge in [-0.25, -0.2) is 4.79 Å². The SMILES string of the molecule is O=C(O)COc1ccc(SCC2=CC(c3ccc(Cl)cc3)ON2)c2c1CCC2. The highest BCUT2D eigenvalue weighted by atomic mass is 35.5. The van der Waals surface area contributed by atoms with Crippen LogP contribution in [0.5, 0.6) is 5.75 Å². The van der Waals surface area contributed by atoms with Crippen molar-refractivity contribution >= 4 is 29.3 Å². The van der Waals surface area contributed by atoms with Crippen LogP contribution in [0.2, 0.25) is 5.02 Å². The van der Waals surface area contributed by atoms with Crippen LogP contribution in [0.4, 0.5) is 0 Å². The molecule has 146 valence electrons. The fraction of sp³-hybridized carbons (Fsp3) is 0.286. The van der Waals surface area contributed by atoms with Crippen molar-refractivity contribution < 1.29 is 19.5 Å². The van der Waals surface area contributed by atoms with Gasteiger partial charge in [0.25, 0.3) is 0 Å². The van der Waals surface area contributed by atoms with Gasteiger partial charge in [0.2, 0.25) is 0 Å². The quantitative estimate of drug-likeness (QED) is 0.644. The van der Waals surface area contributed by atoms with E-state index < -0.39 is 5.97 Å². The van der Waals surface area contributed by atoms with E-state index in [1.807, 2.05) is 36.4 Å². The number of thioether (sulfide) groups is 1. The van der Waals surface area contributed by atoms with E-state index in [-0.39, 0.29) is 12.7 Å². The Bertz CT molecular complexity index is 913. The summed E-state index contributed by atoms with van der Waals surface area (Å²) >= 11 is 7.70. The van der Waals surface area contributed by atoms with Gasteiger partial charge in [-0.2, -0.15) is 0 Å². The van der Waals surface area contributed by atoms with Crippen molar-refractivity contribution in [3.05, 3.63) is 69.9 Å². The lowest BCUT2D eigenvalue weighted by atomic mass is 10.1. The van der Waals surface area contributed by atoms with Crippen LogP contribution >= 0.6 is 23.4 Å². The summed E-state index contributed by atoms with van der Waals surface area (Å²) in [6, 6.07) is 11.6. The average molecular weight is 418 g/mol. The molecule has 0 saturated carbocycles. The molecule has 2 N–H and O–H groups in total. The van der Waals surface area contributed by atoms with Crippen LogP contribution in [0.15, 0.2) is 53.1 Å². The Hall–Kier alpha value is -2.15. The summed E-state index contributed by atoms with van der Waals surface area (Å²) in [4.78, 5) is 17.7.